The molecule has 0 amide bonds. The highest BCUT2D eigenvalue weighted by Crippen LogP contribution is 2.46. The fourth-order valence-electron chi connectivity index (χ4n) is 1.30. The van der Waals surface area contributed by atoms with Crippen LogP contribution < -0.4 is 5.32 Å². The maximum absolute atomic E-state index is 5.82. The number of halogens is 1. The van der Waals surface area contributed by atoms with Gasteiger partial charge >= 0.3 is 6.01 Å². The Labute approximate surface area is 98.2 Å². The van der Waals surface area contributed by atoms with Gasteiger partial charge in [-0.15, -0.1) is 16.7 Å². The summed E-state index contributed by atoms with van der Waals surface area (Å²) in [6.07, 6.45) is 4.65. The first-order chi connectivity index (χ1) is 7.15. The van der Waals surface area contributed by atoms with Crippen molar-refractivity contribution in [1.82, 2.24) is 10.2 Å². The van der Waals surface area contributed by atoms with Crippen LogP contribution in [0.1, 0.15) is 31.0 Å². The number of hydrogen-bond donors (Lipinski definition) is 1. The summed E-state index contributed by atoms with van der Waals surface area (Å²) in [5.41, 5.74) is 0. The molecule has 1 aliphatic rings. The van der Waals surface area contributed by atoms with E-state index in [2.05, 4.69) is 21.8 Å². The third kappa shape index (κ3) is 2.58. The lowest BCUT2D eigenvalue weighted by atomic mass is 10.4. The van der Waals surface area contributed by atoms with Gasteiger partial charge in [-0.1, -0.05) is 5.10 Å². The van der Waals surface area contributed by atoms with Crippen LogP contribution in [0, 0.1) is 0 Å². The highest BCUT2D eigenvalue weighted by atomic mass is 35.5. The zero-order valence-corrected chi connectivity index (χ0v) is 10.4. The number of anilines is 1. The van der Waals surface area contributed by atoms with Gasteiger partial charge in [0.05, 0.1) is 0 Å². The SMILES string of the molecule is CSC1(CNc2nnc(C(C)Cl)o2)CC1. The molecule has 6 heteroatoms. The number of hydrogen-bond acceptors (Lipinski definition) is 5. The number of alkyl halides is 1. The smallest absolute Gasteiger partial charge is 0.315 e. The molecule has 2 rings (SSSR count). The van der Waals surface area contributed by atoms with E-state index >= 15 is 0 Å². The fraction of sp³-hybridized carbons (Fsp3) is 0.778. The van der Waals surface area contributed by atoms with Gasteiger partial charge in [-0.2, -0.15) is 11.8 Å². The standard InChI is InChI=1S/C9H14ClN3OS/c1-6(10)7-12-13-8(14-7)11-5-9(15-2)3-4-9/h6H,3-5H2,1-2H3,(H,11,13). The third-order valence-electron chi connectivity index (χ3n) is 2.58. The maximum Gasteiger partial charge on any atom is 0.315 e. The second-order valence-corrected chi connectivity index (χ2v) is 5.73. The van der Waals surface area contributed by atoms with Crippen LogP contribution in [0.3, 0.4) is 0 Å². The number of nitrogens with zero attached hydrogens (tertiary/aromatic N) is 2. The summed E-state index contributed by atoms with van der Waals surface area (Å²) in [4.78, 5) is 0. The van der Waals surface area contributed by atoms with E-state index in [1.807, 2.05) is 18.7 Å². The van der Waals surface area contributed by atoms with Crippen LogP contribution in [0.4, 0.5) is 6.01 Å². The zero-order valence-electron chi connectivity index (χ0n) is 8.79. The van der Waals surface area contributed by atoms with Crippen LogP contribution in [0.5, 0.6) is 0 Å². The van der Waals surface area contributed by atoms with Gasteiger partial charge < -0.3 is 9.73 Å². The molecule has 84 valence electrons. The van der Waals surface area contributed by atoms with Crippen molar-refractivity contribution < 1.29 is 4.42 Å². The lowest BCUT2D eigenvalue weighted by Gasteiger charge is -2.10. The summed E-state index contributed by atoms with van der Waals surface area (Å²) in [5, 5.41) is 10.6. The van der Waals surface area contributed by atoms with E-state index in [0.29, 0.717) is 16.7 Å². The molecule has 0 aliphatic heterocycles. The van der Waals surface area contributed by atoms with Crippen LogP contribution in [0.15, 0.2) is 4.42 Å². The average Bonchev–Trinajstić information content (AvgIpc) is 2.85. The van der Waals surface area contributed by atoms with Crippen molar-refractivity contribution >= 4 is 29.4 Å². The van der Waals surface area contributed by atoms with Gasteiger partial charge in [0.1, 0.15) is 5.38 Å². The largest absolute Gasteiger partial charge is 0.407 e. The van der Waals surface area contributed by atoms with E-state index in [1.165, 1.54) is 12.8 Å². The molecule has 0 saturated heterocycles. The van der Waals surface area contributed by atoms with E-state index in [-0.39, 0.29) is 5.38 Å². The molecule has 1 saturated carbocycles. The van der Waals surface area contributed by atoms with E-state index < -0.39 is 0 Å². The summed E-state index contributed by atoms with van der Waals surface area (Å²) >= 11 is 7.71. The van der Waals surface area contributed by atoms with Gasteiger partial charge in [-0.05, 0) is 26.0 Å². The van der Waals surface area contributed by atoms with Crippen molar-refractivity contribution in [3.05, 3.63) is 5.89 Å². The van der Waals surface area contributed by atoms with Crippen LogP contribution in [-0.4, -0.2) is 27.7 Å². The topological polar surface area (TPSA) is 51.0 Å². The second kappa shape index (κ2) is 4.22. The maximum atomic E-state index is 5.82. The number of thioether (sulfide) groups is 1. The molecule has 1 aliphatic carbocycles. The van der Waals surface area contributed by atoms with Crippen molar-refractivity contribution in [1.29, 1.82) is 0 Å². The summed E-state index contributed by atoms with van der Waals surface area (Å²) in [6, 6.07) is 0.470. The lowest BCUT2D eigenvalue weighted by molar-refractivity contribution is 0.505. The molecule has 1 unspecified atom stereocenters. The Morgan fingerprint density at radius 1 is 1.60 bits per heavy atom. The molecule has 0 aromatic carbocycles. The van der Waals surface area contributed by atoms with E-state index in [0.717, 1.165) is 6.54 Å². The Hall–Kier alpha value is -0.420. The van der Waals surface area contributed by atoms with Gasteiger partial charge in [0.15, 0.2) is 0 Å². The van der Waals surface area contributed by atoms with E-state index in [1.54, 1.807) is 0 Å². The summed E-state index contributed by atoms with van der Waals surface area (Å²) in [5.74, 6) is 0.466. The first-order valence-electron chi connectivity index (χ1n) is 4.92. The predicted octanol–water partition coefficient (Wildman–Crippen LogP) is 2.68. The monoisotopic (exact) mass is 247 g/mol. The van der Waals surface area contributed by atoms with Gasteiger partial charge in [-0.3, -0.25) is 0 Å². The molecule has 1 fully saturated rings. The summed E-state index contributed by atoms with van der Waals surface area (Å²) < 4.78 is 5.73. The zero-order chi connectivity index (χ0) is 10.9. The van der Waals surface area contributed by atoms with Gasteiger partial charge in [0, 0.05) is 11.3 Å². The minimum absolute atomic E-state index is 0.233. The van der Waals surface area contributed by atoms with Crippen molar-refractivity contribution in [2.75, 3.05) is 18.1 Å². The van der Waals surface area contributed by atoms with Crippen LogP contribution in [-0.2, 0) is 0 Å². The van der Waals surface area contributed by atoms with Crippen molar-refractivity contribution in [3.8, 4) is 0 Å². The Bertz CT molecular complexity index is 338. The molecule has 0 bridgehead atoms. The number of rotatable bonds is 5. The molecular formula is C9H14ClN3OS. The highest BCUT2D eigenvalue weighted by Gasteiger charge is 2.41. The molecule has 1 N–H and O–H groups in total. The third-order valence-corrected chi connectivity index (χ3v) is 4.19. The Kier molecular flexibility index (Phi) is 3.11. The summed E-state index contributed by atoms with van der Waals surface area (Å²) in [7, 11) is 0. The molecule has 15 heavy (non-hydrogen) atoms. The molecular weight excluding hydrogens is 234 g/mol. The van der Waals surface area contributed by atoms with Crippen LogP contribution >= 0.6 is 23.4 Å². The Morgan fingerprint density at radius 2 is 2.33 bits per heavy atom. The minimum Gasteiger partial charge on any atom is -0.407 e. The quantitative estimate of drug-likeness (QED) is 0.811. The molecule has 1 heterocycles. The Morgan fingerprint density at radius 3 is 2.80 bits per heavy atom. The van der Waals surface area contributed by atoms with E-state index in [9.17, 15) is 0 Å². The molecule has 0 spiro atoms. The average molecular weight is 248 g/mol. The van der Waals surface area contributed by atoms with Crippen LogP contribution in [0.25, 0.3) is 0 Å². The van der Waals surface area contributed by atoms with Crippen LogP contribution in [0.2, 0.25) is 0 Å². The highest BCUT2D eigenvalue weighted by molar-refractivity contribution is 8.00. The molecule has 1 aromatic heterocycles. The molecule has 4 nitrogen and oxygen atoms in total. The first-order valence-corrected chi connectivity index (χ1v) is 6.58. The first kappa shape index (κ1) is 11.1. The van der Waals surface area contributed by atoms with Gasteiger partial charge in [0.2, 0.25) is 5.89 Å². The minimum atomic E-state index is -0.233. The normalized spacial score (nSPS) is 19.9. The Balaban J connectivity index is 1.88. The number of aromatic nitrogens is 2. The molecule has 1 atom stereocenters. The van der Waals surface area contributed by atoms with Gasteiger partial charge in [-0.25, -0.2) is 0 Å². The van der Waals surface area contributed by atoms with E-state index in [4.69, 9.17) is 16.0 Å². The summed E-state index contributed by atoms with van der Waals surface area (Å²) in [6.45, 7) is 2.69. The van der Waals surface area contributed by atoms with Crippen molar-refractivity contribution in [2.45, 2.75) is 29.9 Å². The molecule has 0 radical (unpaired) electrons. The van der Waals surface area contributed by atoms with Gasteiger partial charge in [0.25, 0.3) is 0 Å². The lowest BCUT2D eigenvalue weighted by Crippen LogP contribution is -2.17. The molecule has 1 aromatic rings. The predicted molar refractivity (Wildman–Crippen MR) is 62.5 cm³/mol. The van der Waals surface area contributed by atoms with Crippen molar-refractivity contribution in [2.24, 2.45) is 0 Å². The van der Waals surface area contributed by atoms with Crippen molar-refractivity contribution in [3.63, 3.8) is 0 Å². The second-order valence-electron chi connectivity index (χ2n) is 3.80. The number of nitrogens with one attached hydrogen (secondary N) is 1. The fourth-order valence-corrected chi connectivity index (χ4v) is 2.11.